The van der Waals surface area contributed by atoms with Crippen molar-refractivity contribution in [2.24, 2.45) is 0 Å². The van der Waals surface area contributed by atoms with Crippen LogP contribution in [-0.2, 0) is 20.6 Å². The molecule has 0 aliphatic carbocycles. The maximum absolute atomic E-state index is 12.3. The Balaban J connectivity index is 2.42. The van der Waals surface area contributed by atoms with E-state index in [1.165, 1.54) is 0 Å². The Morgan fingerprint density at radius 3 is 2.30 bits per heavy atom. The van der Waals surface area contributed by atoms with E-state index < -0.39 is 19.5 Å². The lowest BCUT2D eigenvalue weighted by Crippen LogP contribution is -2.31. The smallest absolute Gasteiger partial charge is 0.257 e. The van der Waals surface area contributed by atoms with Crippen molar-refractivity contribution in [2.45, 2.75) is 32.5 Å². The highest BCUT2D eigenvalue weighted by Gasteiger charge is 2.34. The van der Waals surface area contributed by atoms with Crippen molar-refractivity contribution in [1.82, 2.24) is 5.32 Å². The molecular formula is C15H25ClNO5P. The average molecular weight is 366 g/mol. The van der Waals surface area contributed by atoms with Gasteiger partial charge in [0.05, 0.1) is 12.3 Å². The minimum absolute atomic E-state index is 0.193. The molecule has 0 bridgehead atoms. The lowest BCUT2D eigenvalue weighted by Gasteiger charge is -2.24. The zero-order valence-electron chi connectivity index (χ0n) is 13.4. The summed E-state index contributed by atoms with van der Waals surface area (Å²) in [4.78, 5) is 10.1. The van der Waals surface area contributed by atoms with E-state index in [1.54, 1.807) is 26.0 Å². The van der Waals surface area contributed by atoms with E-state index in [0.717, 1.165) is 5.56 Å². The van der Waals surface area contributed by atoms with Crippen LogP contribution in [0.2, 0.25) is 5.02 Å². The highest BCUT2D eigenvalue weighted by Crippen LogP contribution is 2.47. The van der Waals surface area contributed by atoms with Gasteiger partial charge in [0.2, 0.25) is 6.03 Å². The van der Waals surface area contributed by atoms with Crippen molar-refractivity contribution >= 4 is 19.0 Å². The maximum Gasteiger partial charge on any atom is 0.257 e. The number of aliphatic hydroxyl groups excluding tert-OH is 1. The fourth-order valence-electron chi connectivity index (χ4n) is 2.00. The van der Waals surface area contributed by atoms with Gasteiger partial charge in [-0.1, -0.05) is 23.7 Å². The second kappa shape index (κ2) is 10.4. The summed E-state index contributed by atoms with van der Waals surface area (Å²) >= 11 is 5.81. The van der Waals surface area contributed by atoms with Crippen molar-refractivity contribution in [3.05, 3.63) is 34.9 Å². The molecule has 6 nitrogen and oxygen atoms in total. The molecule has 132 valence electrons. The Kier molecular flexibility index (Phi) is 9.32. The van der Waals surface area contributed by atoms with Gasteiger partial charge in [-0.05, 0) is 31.5 Å². The molecule has 1 aromatic carbocycles. The van der Waals surface area contributed by atoms with Gasteiger partial charge in [-0.15, -0.1) is 0 Å². The highest BCUT2D eigenvalue weighted by atomic mass is 35.5. The summed E-state index contributed by atoms with van der Waals surface area (Å²) < 4.78 is 22.6. The first-order valence-electron chi connectivity index (χ1n) is 7.57. The normalized spacial score (nSPS) is 15.6. The van der Waals surface area contributed by atoms with Crippen LogP contribution in [0, 0.1) is 0 Å². The second-order valence-corrected chi connectivity index (χ2v) is 7.80. The van der Waals surface area contributed by atoms with Crippen LogP contribution in [0.4, 0.5) is 0 Å². The van der Waals surface area contributed by atoms with E-state index in [-0.39, 0.29) is 25.9 Å². The molecule has 8 heteroatoms. The monoisotopic (exact) mass is 365 g/mol. The van der Waals surface area contributed by atoms with Crippen LogP contribution in [0.5, 0.6) is 0 Å². The third-order valence-corrected chi connectivity index (χ3v) is 5.20. The summed E-state index contributed by atoms with van der Waals surface area (Å²) in [6.07, 6.45) is -1.26. The van der Waals surface area contributed by atoms with E-state index in [9.17, 15) is 14.6 Å². The lowest BCUT2D eigenvalue weighted by molar-refractivity contribution is -0.0876. The first-order valence-corrected chi connectivity index (χ1v) is 9.86. The first kappa shape index (κ1) is 20.6. The molecule has 0 spiro atoms. The van der Waals surface area contributed by atoms with Crippen LogP contribution in [0.3, 0.4) is 0 Å². The van der Waals surface area contributed by atoms with Crippen molar-refractivity contribution < 1.29 is 24.0 Å². The molecule has 0 aliphatic heterocycles. The first-order chi connectivity index (χ1) is 10.9. The fourth-order valence-corrected chi connectivity index (χ4v) is 3.80. The van der Waals surface area contributed by atoms with Gasteiger partial charge in [0.15, 0.2) is 0 Å². The number of halogens is 1. The molecule has 0 saturated carbocycles. The van der Waals surface area contributed by atoms with Crippen LogP contribution in [0.1, 0.15) is 19.4 Å². The number of benzene rings is 1. The topological polar surface area (TPSA) is 88.0 Å². The predicted molar refractivity (Wildman–Crippen MR) is 90.9 cm³/mol. The van der Waals surface area contributed by atoms with Gasteiger partial charge in [0.25, 0.3) is 7.37 Å². The summed E-state index contributed by atoms with van der Waals surface area (Å²) in [5, 5.41) is 13.7. The quantitative estimate of drug-likeness (QED) is 0.412. The number of hydrogen-bond donors (Lipinski definition) is 3. The van der Waals surface area contributed by atoms with Gasteiger partial charge in [-0.25, -0.2) is 0 Å². The van der Waals surface area contributed by atoms with Crippen LogP contribution >= 0.6 is 19.0 Å². The summed E-state index contributed by atoms with van der Waals surface area (Å²) in [7, 11) is -3.76. The van der Waals surface area contributed by atoms with Crippen molar-refractivity contribution in [2.75, 3.05) is 25.9 Å². The van der Waals surface area contributed by atoms with Gasteiger partial charge in [0.1, 0.15) is 0 Å². The number of nitrogens with one attached hydrogen (secondary N) is 1. The van der Waals surface area contributed by atoms with Gasteiger partial charge in [-0.3, -0.25) is 4.57 Å². The molecule has 0 amide bonds. The minimum Gasteiger partial charge on any atom is -0.391 e. The number of ether oxygens (including phenoxy) is 2. The van der Waals surface area contributed by atoms with Gasteiger partial charge < -0.3 is 24.8 Å². The molecule has 0 aromatic heterocycles. The fraction of sp³-hybridized carbons (Fsp3) is 0.600. The van der Waals surface area contributed by atoms with E-state index >= 15 is 0 Å². The molecule has 1 unspecified atom stereocenters. The number of aliphatic hydroxyl groups is 1. The van der Waals surface area contributed by atoms with Crippen molar-refractivity contribution in [3.63, 3.8) is 0 Å². The molecule has 0 heterocycles. The third kappa shape index (κ3) is 7.77. The van der Waals surface area contributed by atoms with Crippen molar-refractivity contribution in [3.8, 4) is 0 Å². The molecule has 0 saturated heterocycles. The maximum atomic E-state index is 12.3. The van der Waals surface area contributed by atoms with Crippen LogP contribution in [-0.4, -0.2) is 48.1 Å². The minimum atomic E-state index is -3.76. The Labute approximate surface area is 142 Å². The Bertz CT molecular complexity index is 493. The second-order valence-electron chi connectivity index (χ2n) is 5.07. The van der Waals surface area contributed by atoms with Crippen LogP contribution in [0.25, 0.3) is 0 Å². The molecular weight excluding hydrogens is 341 g/mol. The SMILES string of the molecule is CCOC(OCC)P(=O)(O)C[C@@H](O)CNCc1ccc(Cl)cc1. The standard InChI is InChI=1S/C15H25ClNO5P/c1-3-21-15(22-4-2)23(19,20)11-14(18)10-17-9-12-5-7-13(16)8-6-12/h5-8,14-15,17-18H,3-4,9-11H2,1-2H3,(H,19,20)/t14-/m0/s1. The van der Waals surface area contributed by atoms with E-state index in [4.69, 9.17) is 21.1 Å². The molecule has 0 radical (unpaired) electrons. The Morgan fingerprint density at radius 1 is 1.22 bits per heavy atom. The van der Waals surface area contributed by atoms with Crippen molar-refractivity contribution in [1.29, 1.82) is 0 Å². The van der Waals surface area contributed by atoms with E-state index in [2.05, 4.69) is 5.32 Å². The Hall–Kier alpha value is -0.460. The molecule has 1 aromatic rings. The summed E-state index contributed by atoms with van der Waals surface area (Å²) in [6, 6.07) is 6.12. The highest BCUT2D eigenvalue weighted by molar-refractivity contribution is 7.58. The molecule has 0 fully saturated rings. The molecule has 1 rings (SSSR count). The number of hydrogen-bond acceptors (Lipinski definition) is 5. The molecule has 2 atom stereocenters. The molecule has 3 N–H and O–H groups in total. The lowest BCUT2D eigenvalue weighted by atomic mass is 10.2. The predicted octanol–water partition coefficient (Wildman–Crippen LogP) is 2.42. The van der Waals surface area contributed by atoms with Crippen LogP contribution in [0.15, 0.2) is 24.3 Å². The largest absolute Gasteiger partial charge is 0.391 e. The van der Waals surface area contributed by atoms with Crippen LogP contribution < -0.4 is 5.32 Å². The van der Waals surface area contributed by atoms with Gasteiger partial charge in [0, 0.05) is 31.3 Å². The average Bonchev–Trinajstić information content (AvgIpc) is 2.48. The summed E-state index contributed by atoms with van der Waals surface area (Å²) in [6.45, 7) is 4.69. The zero-order valence-corrected chi connectivity index (χ0v) is 15.1. The Morgan fingerprint density at radius 2 is 1.78 bits per heavy atom. The summed E-state index contributed by atoms with van der Waals surface area (Å²) in [5.74, 6) is 0. The van der Waals surface area contributed by atoms with E-state index in [1.807, 2.05) is 12.1 Å². The summed E-state index contributed by atoms with van der Waals surface area (Å²) in [5.41, 5.74) is 1.01. The number of rotatable bonds is 11. The van der Waals surface area contributed by atoms with Gasteiger partial charge >= 0.3 is 0 Å². The zero-order chi connectivity index (χ0) is 17.3. The third-order valence-electron chi connectivity index (χ3n) is 3.04. The molecule has 0 aliphatic rings. The molecule has 23 heavy (non-hydrogen) atoms. The van der Waals surface area contributed by atoms with Gasteiger partial charge in [-0.2, -0.15) is 0 Å². The van der Waals surface area contributed by atoms with E-state index in [0.29, 0.717) is 11.6 Å².